The fourth-order valence-electron chi connectivity index (χ4n) is 1.45. The quantitative estimate of drug-likeness (QED) is 0.591. The number of aromatic amines is 1. The molecule has 0 aliphatic carbocycles. The molecular formula is C10H16N4O2S2. The molecule has 0 bridgehead atoms. The standard InChI is InChI=1S/C10H16N4O2S2/c1-7-10(13-6-12-7)8(17-2)4-11-9(18-3)5-14(15)16/h5-6,8,11H,4H2,1-3H3,(H,12,13). The molecular weight excluding hydrogens is 272 g/mol. The number of H-pyrrole nitrogens is 1. The predicted octanol–water partition coefficient (Wildman–Crippen LogP) is 2.15. The number of imidazole rings is 1. The van der Waals surface area contributed by atoms with Gasteiger partial charge in [0.2, 0.25) is 0 Å². The summed E-state index contributed by atoms with van der Waals surface area (Å²) in [4.78, 5) is 17.3. The van der Waals surface area contributed by atoms with Crippen molar-refractivity contribution in [1.82, 2.24) is 15.3 Å². The maximum absolute atomic E-state index is 10.4. The van der Waals surface area contributed by atoms with E-state index in [9.17, 15) is 10.1 Å². The van der Waals surface area contributed by atoms with Gasteiger partial charge in [0.15, 0.2) is 0 Å². The van der Waals surface area contributed by atoms with Crippen LogP contribution in [0, 0.1) is 17.0 Å². The minimum atomic E-state index is -0.452. The van der Waals surface area contributed by atoms with Crippen LogP contribution in [0.25, 0.3) is 0 Å². The molecule has 0 amide bonds. The van der Waals surface area contributed by atoms with E-state index in [1.807, 2.05) is 13.2 Å². The molecule has 0 aliphatic heterocycles. The molecule has 2 N–H and O–H groups in total. The first-order valence-electron chi connectivity index (χ1n) is 5.24. The van der Waals surface area contributed by atoms with E-state index in [-0.39, 0.29) is 5.25 Å². The Morgan fingerprint density at radius 3 is 2.89 bits per heavy atom. The lowest BCUT2D eigenvalue weighted by molar-refractivity contribution is -0.403. The Bertz CT molecular complexity index is 433. The van der Waals surface area contributed by atoms with Crippen LogP contribution in [0.4, 0.5) is 0 Å². The van der Waals surface area contributed by atoms with E-state index in [0.29, 0.717) is 11.6 Å². The first kappa shape index (κ1) is 14.9. The van der Waals surface area contributed by atoms with Gasteiger partial charge in [-0.2, -0.15) is 11.8 Å². The van der Waals surface area contributed by atoms with Crippen LogP contribution < -0.4 is 5.32 Å². The van der Waals surface area contributed by atoms with Gasteiger partial charge in [0.05, 0.1) is 22.2 Å². The third-order valence-corrected chi connectivity index (χ3v) is 4.01. The second-order valence-electron chi connectivity index (χ2n) is 3.50. The van der Waals surface area contributed by atoms with Gasteiger partial charge >= 0.3 is 0 Å². The molecule has 0 fully saturated rings. The molecule has 0 saturated heterocycles. The molecule has 0 aromatic carbocycles. The molecule has 0 spiro atoms. The lowest BCUT2D eigenvalue weighted by Gasteiger charge is -2.15. The second kappa shape index (κ2) is 7.32. The summed E-state index contributed by atoms with van der Waals surface area (Å²) in [7, 11) is 0. The fourth-order valence-corrected chi connectivity index (χ4v) is 2.58. The lowest BCUT2D eigenvalue weighted by Crippen LogP contribution is -2.19. The van der Waals surface area contributed by atoms with E-state index in [0.717, 1.165) is 17.6 Å². The number of nitrogens with one attached hydrogen (secondary N) is 2. The SMILES string of the molecule is CSC(=C[N+](=O)[O-])NCC(SC)c1nc[nH]c1C. The largest absolute Gasteiger partial charge is 0.373 e. The van der Waals surface area contributed by atoms with Crippen LogP contribution in [0.2, 0.25) is 0 Å². The lowest BCUT2D eigenvalue weighted by atomic mass is 10.2. The summed E-state index contributed by atoms with van der Waals surface area (Å²) in [5.41, 5.74) is 2.01. The number of nitrogens with zero attached hydrogens (tertiary/aromatic N) is 2. The molecule has 0 aliphatic rings. The first-order chi connectivity index (χ1) is 8.58. The summed E-state index contributed by atoms with van der Waals surface area (Å²) in [6.45, 7) is 2.57. The zero-order valence-electron chi connectivity index (χ0n) is 10.5. The molecule has 6 nitrogen and oxygen atoms in total. The van der Waals surface area contributed by atoms with Crippen LogP contribution >= 0.6 is 23.5 Å². The molecule has 100 valence electrons. The van der Waals surface area contributed by atoms with Crippen molar-refractivity contribution in [2.24, 2.45) is 0 Å². The molecule has 1 unspecified atom stereocenters. The molecule has 1 aromatic rings. The van der Waals surface area contributed by atoms with Crippen LogP contribution in [0.5, 0.6) is 0 Å². The van der Waals surface area contributed by atoms with E-state index in [2.05, 4.69) is 15.3 Å². The average molecular weight is 288 g/mol. The third kappa shape index (κ3) is 4.26. The minimum Gasteiger partial charge on any atom is -0.373 e. The number of aromatic nitrogens is 2. The number of rotatable bonds is 7. The summed E-state index contributed by atoms with van der Waals surface area (Å²) in [5, 5.41) is 14.2. The van der Waals surface area contributed by atoms with E-state index in [1.54, 1.807) is 24.3 Å². The fraction of sp³-hybridized carbons (Fsp3) is 0.500. The minimum absolute atomic E-state index is 0.165. The summed E-state index contributed by atoms with van der Waals surface area (Å²) >= 11 is 2.98. The highest BCUT2D eigenvalue weighted by Gasteiger charge is 2.15. The third-order valence-electron chi connectivity index (χ3n) is 2.36. The number of hydrogen-bond acceptors (Lipinski definition) is 6. The maximum atomic E-state index is 10.4. The van der Waals surface area contributed by atoms with E-state index >= 15 is 0 Å². The Labute approximate surface area is 114 Å². The summed E-state index contributed by atoms with van der Waals surface area (Å²) in [6, 6.07) is 0. The summed E-state index contributed by atoms with van der Waals surface area (Å²) in [6.07, 6.45) is 6.45. The van der Waals surface area contributed by atoms with E-state index < -0.39 is 4.92 Å². The van der Waals surface area contributed by atoms with Gasteiger partial charge in [-0.3, -0.25) is 10.1 Å². The molecule has 1 rings (SSSR count). The zero-order chi connectivity index (χ0) is 13.5. The molecule has 8 heteroatoms. The number of aryl methyl sites for hydroxylation is 1. The molecule has 1 aromatic heterocycles. The van der Waals surface area contributed by atoms with E-state index in [4.69, 9.17) is 0 Å². The van der Waals surface area contributed by atoms with Crippen molar-refractivity contribution in [3.8, 4) is 0 Å². The van der Waals surface area contributed by atoms with Crippen molar-refractivity contribution in [2.75, 3.05) is 19.1 Å². The zero-order valence-corrected chi connectivity index (χ0v) is 12.1. The van der Waals surface area contributed by atoms with Crippen LogP contribution in [-0.2, 0) is 0 Å². The van der Waals surface area contributed by atoms with Crippen molar-refractivity contribution in [3.63, 3.8) is 0 Å². The first-order valence-corrected chi connectivity index (χ1v) is 7.75. The number of nitro groups is 1. The number of hydrogen-bond donors (Lipinski definition) is 2. The van der Waals surface area contributed by atoms with Gasteiger partial charge in [0, 0.05) is 12.2 Å². The molecule has 1 heterocycles. The Morgan fingerprint density at radius 2 is 2.44 bits per heavy atom. The molecule has 0 saturated carbocycles. The van der Waals surface area contributed by atoms with Crippen LogP contribution in [-0.4, -0.2) is 33.9 Å². The van der Waals surface area contributed by atoms with Crippen LogP contribution in [0.15, 0.2) is 17.6 Å². The summed E-state index contributed by atoms with van der Waals surface area (Å²) < 4.78 is 0. The van der Waals surface area contributed by atoms with Crippen molar-refractivity contribution >= 4 is 23.5 Å². The normalized spacial score (nSPS) is 13.4. The van der Waals surface area contributed by atoms with Crippen molar-refractivity contribution in [2.45, 2.75) is 12.2 Å². The van der Waals surface area contributed by atoms with Gasteiger partial charge in [-0.15, -0.1) is 11.8 Å². The molecule has 18 heavy (non-hydrogen) atoms. The Morgan fingerprint density at radius 1 is 1.72 bits per heavy atom. The van der Waals surface area contributed by atoms with Gasteiger partial charge in [-0.1, -0.05) is 0 Å². The Balaban J connectivity index is 2.65. The van der Waals surface area contributed by atoms with Gasteiger partial charge in [0.1, 0.15) is 5.03 Å². The van der Waals surface area contributed by atoms with Crippen molar-refractivity contribution < 1.29 is 4.92 Å². The average Bonchev–Trinajstić information content (AvgIpc) is 2.74. The highest BCUT2D eigenvalue weighted by atomic mass is 32.2. The maximum Gasteiger partial charge on any atom is 0.263 e. The van der Waals surface area contributed by atoms with E-state index in [1.165, 1.54) is 11.8 Å². The highest BCUT2D eigenvalue weighted by molar-refractivity contribution is 8.02. The van der Waals surface area contributed by atoms with Gasteiger partial charge in [0.25, 0.3) is 6.20 Å². The predicted molar refractivity (Wildman–Crippen MR) is 76.2 cm³/mol. The Kier molecular flexibility index (Phi) is 6.06. The smallest absolute Gasteiger partial charge is 0.263 e. The highest BCUT2D eigenvalue weighted by Crippen LogP contribution is 2.26. The summed E-state index contributed by atoms with van der Waals surface area (Å²) in [5.74, 6) is 0. The molecule has 1 atom stereocenters. The molecule has 0 radical (unpaired) electrons. The topological polar surface area (TPSA) is 83.8 Å². The van der Waals surface area contributed by atoms with Gasteiger partial charge in [-0.05, 0) is 19.4 Å². The number of thioether (sulfide) groups is 2. The Hall–Kier alpha value is -1.15. The monoisotopic (exact) mass is 288 g/mol. The van der Waals surface area contributed by atoms with Gasteiger partial charge in [-0.25, -0.2) is 4.98 Å². The second-order valence-corrected chi connectivity index (χ2v) is 5.39. The van der Waals surface area contributed by atoms with Crippen LogP contribution in [0.3, 0.4) is 0 Å². The van der Waals surface area contributed by atoms with Gasteiger partial charge < -0.3 is 10.3 Å². The van der Waals surface area contributed by atoms with Crippen molar-refractivity contribution in [3.05, 3.63) is 39.1 Å². The van der Waals surface area contributed by atoms with Crippen LogP contribution in [0.1, 0.15) is 16.6 Å². The van der Waals surface area contributed by atoms with Crippen molar-refractivity contribution in [1.29, 1.82) is 0 Å².